The molecule has 32 heavy (non-hydrogen) atoms. The summed E-state index contributed by atoms with van der Waals surface area (Å²) in [5.41, 5.74) is 1.05. The second-order valence-electron chi connectivity index (χ2n) is 7.45. The molecule has 0 spiro atoms. The number of thioether (sulfide) groups is 1. The van der Waals surface area contributed by atoms with Gasteiger partial charge in [0.1, 0.15) is 6.61 Å². The van der Waals surface area contributed by atoms with E-state index in [2.05, 4.69) is 47.5 Å². The number of aliphatic imine (C=N–C) groups is 1. The molecule has 3 rings (SSSR count). The van der Waals surface area contributed by atoms with Crippen molar-refractivity contribution in [1.29, 1.82) is 0 Å². The SMILES string of the molecule is CCNC(=NCc1ccc(OCCO)c(OC)c1)N1CCC(CSc2ccccc2)C1.I. The van der Waals surface area contributed by atoms with Crippen molar-refractivity contribution in [3.8, 4) is 11.5 Å². The summed E-state index contributed by atoms with van der Waals surface area (Å²) in [6, 6.07) is 16.4. The van der Waals surface area contributed by atoms with E-state index in [9.17, 15) is 0 Å². The van der Waals surface area contributed by atoms with Gasteiger partial charge in [-0.3, -0.25) is 0 Å². The highest BCUT2D eigenvalue weighted by atomic mass is 127. The van der Waals surface area contributed by atoms with Crippen molar-refractivity contribution in [3.05, 3.63) is 54.1 Å². The van der Waals surface area contributed by atoms with Gasteiger partial charge in [-0.1, -0.05) is 24.3 Å². The van der Waals surface area contributed by atoms with Crippen molar-refractivity contribution in [2.45, 2.75) is 24.8 Å². The molecule has 1 fully saturated rings. The summed E-state index contributed by atoms with van der Waals surface area (Å²) in [6.07, 6.45) is 1.19. The standard InChI is InChI=1S/C24H33N3O3S.HI/c1-3-25-24(26-16-19-9-10-22(30-14-13-28)23(15-19)29-2)27-12-11-20(17-27)18-31-21-7-5-4-6-8-21;/h4-10,15,20,28H,3,11-14,16-18H2,1-2H3,(H,25,26);1H. The highest BCUT2D eigenvalue weighted by Crippen LogP contribution is 2.29. The van der Waals surface area contributed by atoms with Crippen LogP contribution in [0, 0.1) is 5.92 Å². The predicted molar refractivity (Wildman–Crippen MR) is 143 cm³/mol. The van der Waals surface area contributed by atoms with Crippen LogP contribution in [0.1, 0.15) is 18.9 Å². The van der Waals surface area contributed by atoms with Crippen molar-refractivity contribution < 1.29 is 14.6 Å². The van der Waals surface area contributed by atoms with Crippen molar-refractivity contribution in [1.82, 2.24) is 10.2 Å². The molecule has 176 valence electrons. The summed E-state index contributed by atoms with van der Waals surface area (Å²) in [4.78, 5) is 8.58. The zero-order chi connectivity index (χ0) is 21.9. The Kier molecular flexibility index (Phi) is 12.0. The Morgan fingerprint density at radius 3 is 2.75 bits per heavy atom. The van der Waals surface area contributed by atoms with Gasteiger partial charge in [0.2, 0.25) is 0 Å². The first-order valence-corrected chi connectivity index (χ1v) is 11.8. The van der Waals surface area contributed by atoms with E-state index in [1.54, 1.807) is 7.11 Å². The number of aliphatic hydroxyl groups is 1. The fraction of sp³-hybridized carbons (Fsp3) is 0.458. The van der Waals surface area contributed by atoms with Gasteiger partial charge < -0.3 is 24.8 Å². The molecule has 2 aromatic rings. The molecule has 0 bridgehead atoms. The summed E-state index contributed by atoms with van der Waals surface area (Å²) in [7, 11) is 1.62. The fourth-order valence-corrected chi connectivity index (χ4v) is 4.62. The quantitative estimate of drug-likeness (QED) is 0.192. The number of hydrogen-bond donors (Lipinski definition) is 2. The first-order chi connectivity index (χ1) is 15.2. The summed E-state index contributed by atoms with van der Waals surface area (Å²) in [5.74, 6) is 4.05. The monoisotopic (exact) mass is 571 g/mol. The molecule has 1 unspecified atom stereocenters. The molecule has 1 aliphatic heterocycles. The highest BCUT2D eigenvalue weighted by Gasteiger charge is 2.25. The Bertz CT molecular complexity index is 838. The number of likely N-dealkylation sites (tertiary alicyclic amines) is 1. The zero-order valence-corrected chi connectivity index (χ0v) is 22.0. The minimum Gasteiger partial charge on any atom is -0.493 e. The summed E-state index contributed by atoms with van der Waals surface area (Å²) in [5, 5.41) is 12.4. The second kappa shape index (κ2) is 14.5. The summed E-state index contributed by atoms with van der Waals surface area (Å²) in [6.45, 7) is 5.80. The number of guanidine groups is 1. The number of rotatable bonds is 10. The van der Waals surface area contributed by atoms with E-state index >= 15 is 0 Å². The molecule has 1 atom stereocenters. The van der Waals surface area contributed by atoms with Crippen molar-refractivity contribution in [2.24, 2.45) is 10.9 Å². The lowest BCUT2D eigenvalue weighted by atomic mass is 10.2. The Morgan fingerprint density at radius 2 is 2.03 bits per heavy atom. The van der Waals surface area contributed by atoms with E-state index in [4.69, 9.17) is 19.6 Å². The average Bonchev–Trinajstić information content (AvgIpc) is 3.29. The van der Waals surface area contributed by atoms with Crippen LogP contribution < -0.4 is 14.8 Å². The van der Waals surface area contributed by atoms with Crippen LogP contribution in [0.5, 0.6) is 11.5 Å². The predicted octanol–water partition coefficient (Wildman–Crippen LogP) is 4.26. The van der Waals surface area contributed by atoms with Crippen molar-refractivity contribution in [3.63, 3.8) is 0 Å². The molecule has 1 saturated heterocycles. The molecule has 6 nitrogen and oxygen atoms in total. The number of nitrogens with zero attached hydrogens (tertiary/aromatic N) is 2. The normalized spacial score (nSPS) is 15.9. The minimum atomic E-state index is -0.0259. The third kappa shape index (κ3) is 8.04. The van der Waals surface area contributed by atoms with Crippen LogP contribution in [0.2, 0.25) is 0 Å². The van der Waals surface area contributed by atoms with Gasteiger partial charge in [-0.05, 0) is 49.1 Å². The fourth-order valence-electron chi connectivity index (χ4n) is 3.57. The van der Waals surface area contributed by atoms with E-state index in [0.717, 1.165) is 36.9 Å². The largest absolute Gasteiger partial charge is 0.493 e. The Hall–Kier alpha value is -1.65. The van der Waals surface area contributed by atoms with Crippen molar-refractivity contribution >= 4 is 41.7 Å². The van der Waals surface area contributed by atoms with Crippen LogP contribution in [0.3, 0.4) is 0 Å². The second-order valence-corrected chi connectivity index (χ2v) is 8.55. The van der Waals surface area contributed by atoms with E-state index in [1.807, 2.05) is 30.0 Å². The molecule has 0 amide bonds. The van der Waals surface area contributed by atoms with Crippen LogP contribution in [0.4, 0.5) is 0 Å². The van der Waals surface area contributed by atoms with Gasteiger partial charge in [0.25, 0.3) is 0 Å². The lowest BCUT2D eigenvalue weighted by molar-refractivity contribution is 0.196. The topological polar surface area (TPSA) is 66.3 Å². The third-order valence-electron chi connectivity index (χ3n) is 5.14. The number of benzene rings is 2. The van der Waals surface area contributed by atoms with Gasteiger partial charge in [0.15, 0.2) is 17.5 Å². The van der Waals surface area contributed by atoms with Gasteiger partial charge in [0.05, 0.1) is 20.3 Å². The smallest absolute Gasteiger partial charge is 0.194 e. The molecule has 2 N–H and O–H groups in total. The molecule has 1 heterocycles. The summed E-state index contributed by atoms with van der Waals surface area (Å²) >= 11 is 1.94. The third-order valence-corrected chi connectivity index (χ3v) is 6.38. The Morgan fingerprint density at radius 1 is 1.22 bits per heavy atom. The first-order valence-electron chi connectivity index (χ1n) is 10.8. The van der Waals surface area contributed by atoms with Crippen LogP contribution in [-0.2, 0) is 6.54 Å². The molecule has 0 aliphatic carbocycles. The zero-order valence-electron chi connectivity index (χ0n) is 18.8. The molecular weight excluding hydrogens is 537 g/mol. The molecule has 2 aromatic carbocycles. The van der Waals surface area contributed by atoms with Gasteiger partial charge in [0, 0.05) is 30.3 Å². The highest BCUT2D eigenvalue weighted by molar-refractivity contribution is 14.0. The summed E-state index contributed by atoms with van der Waals surface area (Å²) < 4.78 is 10.9. The molecular formula is C24H34IN3O3S. The Balaban J connectivity index is 0.00000363. The maximum atomic E-state index is 8.96. The molecule has 0 saturated carbocycles. The lowest BCUT2D eigenvalue weighted by Crippen LogP contribution is -2.40. The number of hydrogen-bond acceptors (Lipinski definition) is 5. The van der Waals surface area contributed by atoms with Gasteiger partial charge >= 0.3 is 0 Å². The van der Waals surface area contributed by atoms with Crippen LogP contribution in [-0.4, -0.2) is 61.7 Å². The van der Waals surface area contributed by atoms with E-state index in [1.165, 1.54) is 11.3 Å². The van der Waals surface area contributed by atoms with E-state index in [-0.39, 0.29) is 37.2 Å². The molecule has 0 radical (unpaired) electrons. The van der Waals surface area contributed by atoms with E-state index < -0.39 is 0 Å². The molecule has 0 aromatic heterocycles. The number of nitrogens with one attached hydrogen (secondary N) is 1. The number of methoxy groups -OCH3 is 1. The first kappa shape index (κ1) is 26.6. The molecule has 1 aliphatic rings. The lowest BCUT2D eigenvalue weighted by Gasteiger charge is -2.22. The van der Waals surface area contributed by atoms with E-state index in [0.29, 0.717) is 24.0 Å². The maximum absolute atomic E-state index is 8.96. The van der Waals surface area contributed by atoms with Gasteiger partial charge in [-0.2, -0.15) is 0 Å². The number of halogens is 1. The Labute approximate surface area is 212 Å². The minimum absolute atomic E-state index is 0. The maximum Gasteiger partial charge on any atom is 0.194 e. The number of ether oxygens (including phenoxy) is 2. The van der Waals surface area contributed by atoms with Gasteiger partial charge in [-0.15, -0.1) is 35.7 Å². The van der Waals surface area contributed by atoms with Crippen LogP contribution in [0.25, 0.3) is 0 Å². The van der Waals surface area contributed by atoms with Crippen LogP contribution >= 0.6 is 35.7 Å². The van der Waals surface area contributed by atoms with Crippen LogP contribution in [0.15, 0.2) is 58.4 Å². The number of aliphatic hydroxyl groups excluding tert-OH is 1. The molecule has 8 heteroatoms. The average molecular weight is 572 g/mol. The van der Waals surface area contributed by atoms with Crippen molar-refractivity contribution in [2.75, 3.05) is 45.7 Å². The van der Waals surface area contributed by atoms with Gasteiger partial charge in [-0.25, -0.2) is 4.99 Å².